The van der Waals surface area contributed by atoms with Crippen LogP contribution in [0.1, 0.15) is 25.7 Å². The summed E-state index contributed by atoms with van der Waals surface area (Å²) in [7, 11) is 0. The minimum absolute atomic E-state index is 0.227. The third kappa shape index (κ3) is 8.51. The molecule has 0 nitrogen and oxygen atoms in total. The first-order chi connectivity index (χ1) is 4.27. The van der Waals surface area contributed by atoms with Gasteiger partial charge in [0.1, 0.15) is 4.84 Å². The highest BCUT2D eigenvalue weighted by Crippen LogP contribution is 2.11. The first-order valence-corrected chi connectivity index (χ1v) is 3.98. The van der Waals surface area contributed by atoms with Gasteiger partial charge in [-0.1, -0.05) is 12.8 Å². The summed E-state index contributed by atoms with van der Waals surface area (Å²) in [6, 6.07) is 0. The van der Waals surface area contributed by atoms with Crippen molar-refractivity contribution in [2.24, 2.45) is 0 Å². The van der Waals surface area contributed by atoms with Gasteiger partial charge < -0.3 is 0 Å². The summed E-state index contributed by atoms with van der Waals surface area (Å²) in [5, 5.41) is 0. The zero-order chi connectivity index (χ0) is 7.11. The Balaban J connectivity index is 2.75. The molecule has 0 spiro atoms. The fourth-order valence-corrected chi connectivity index (χ4v) is 0.879. The Morgan fingerprint density at radius 2 is 1.78 bits per heavy atom. The highest BCUT2D eigenvalue weighted by atomic mass is 35.5. The molecule has 56 valence electrons. The Morgan fingerprint density at radius 3 is 2.22 bits per heavy atom. The standard InChI is InChI=1S/C6H11Cl2F/c7-6(8)4-2-1-3-5-9/h6H,1-5H2. The van der Waals surface area contributed by atoms with Crippen LogP contribution >= 0.6 is 23.2 Å². The van der Waals surface area contributed by atoms with Gasteiger partial charge in [-0.25, -0.2) is 0 Å². The molecule has 0 aliphatic heterocycles. The predicted octanol–water partition coefficient (Wildman–Crippen LogP) is 3.32. The van der Waals surface area contributed by atoms with Gasteiger partial charge in [0, 0.05) is 0 Å². The summed E-state index contributed by atoms with van der Waals surface area (Å²) in [6.45, 7) is -0.227. The highest BCUT2D eigenvalue weighted by molar-refractivity contribution is 6.44. The third-order valence-electron chi connectivity index (χ3n) is 1.06. The second-order valence-corrected chi connectivity index (χ2v) is 3.21. The number of halogens is 3. The molecule has 0 radical (unpaired) electrons. The Morgan fingerprint density at radius 1 is 1.11 bits per heavy atom. The molecule has 0 N–H and O–H groups in total. The fourth-order valence-electron chi connectivity index (χ4n) is 0.570. The van der Waals surface area contributed by atoms with Crippen molar-refractivity contribution in [3.63, 3.8) is 0 Å². The van der Waals surface area contributed by atoms with E-state index in [1.807, 2.05) is 0 Å². The lowest BCUT2D eigenvalue weighted by Crippen LogP contribution is -1.86. The van der Waals surface area contributed by atoms with E-state index in [-0.39, 0.29) is 11.5 Å². The monoisotopic (exact) mass is 172 g/mol. The highest BCUT2D eigenvalue weighted by Gasteiger charge is 1.96. The van der Waals surface area contributed by atoms with Crippen LogP contribution in [0, 0.1) is 0 Å². The summed E-state index contributed by atoms with van der Waals surface area (Å²) in [5.41, 5.74) is 0. The van der Waals surface area contributed by atoms with Gasteiger partial charge in [0.05, 0.1) is 6.67 Å². The van der Waals surface area contributed by atoms with Crippen LogP contribution in [0.3, 0.4) is 0 Å². The zero-order valence-electron chi connectivity index (χ0n) is 5.25. The van der Waals surface area contributed by atoms with E-state index in [0.29, 0.717) is 6.42 Å². The van der Waals surface area contributed by atoms with Gasteiger partial charge in [0.15, 0.2) is 0 Å². The van der Waals surface area contributed by atoms with E-state index in [2.05, 4.69) is 0 Å². The van der Waals surface area contributed by atoms with Crippen molar-refractivity contribution in [1.29, 1.82) is 0 Å². The smallest absolute Gasteiger partial charge is 0.107 e. The van der Waals surface area contributed by atoms with Crippen LogP contribution < -0.4 is 0 Å². The minimum atomic E-state index is -0.274. The minimum Gasteiger partial charge on any atom is -0.251 e. The van der Waals surface area contributed by atoms with Crippen LogP contribution in [0.4, 0.5) is 4.39 Å². The summed E-state index contributed by atoms with van der Waals surface area (Å²) in [5.74, 6) is 0. The number of hydrogen-bond acceptors (Lipinski definition) is 0. The number of alkyl halides is 3. The van der Waals surface area contributed by atoms with Crippen LogP contribution in [-0.2, 0) is 0 Å². The molecule has 0 bridgehead atoms. The lowest BCUT2D eigenvalue weighted by molar-refractivity contribution is 0.454. The molecule has 0 heterocycles. The predicted molar refractivity (Wildman–Crippen MR) is 39.9 cm³/mol. The maximum absolute atomic E-state index is 11.5. The molecule has 0 aromatic carbocycles. The van der Waals surface area contributed by atoms with Crippen molar-refractivity contribution < 1.29 is 4.39 Å². The quantitative estimate of drug-likeness (QED) is 0.441. The Hall–Kier alpha value is 0.510. The molecule has 0 aliphatic rings. The largest absolute Gasteiger partial charge is 0.251 e. The maximum atomic E-state index is 11.5. The molecule has 0 saturated carbocycles. The van der Waals surface area contributed by atoms with Crippen molar-refractivity contribution in [1.82, 2.24) is 0 Å². The Bertz CT molecular complexity index is 57.0. The van der Waals surface area contributed by atoms with Gasteiger partial charge in [0.2, 0.25) is 0 Å². The van der Waals surface area contributed by atoms with Crippen LogP contribution in [-0.4, -0.2) is 11.5 Å². The molecular formula is C6H11Cl2F. The van der Waals surface area contributed by atoms with Crippen molar-refractivity contribution in [2.75, 3.05) is 6.67 Å². The molecule has 0 atom stereocenters. The van der Waals surface area contributed by atoms with Gasteiger partial charge in [-0.2, -0.15) is 0 Å². The normalized spacial score (nSPS) is 10.7. The molecule has 0 aromatic rings. The Kier molecular flexibility index (Phi) is 7.00. The van der Waals surface area contributed by atoms with Gasteiger partial charge in [0.25, 0.3) is 0 Å². The SMILES string of the molecule is FCCCCCC(Cl)Cl. The van der Waals surface area contributed by atoms with Crippen molar-refractivity contribution in [2.45, 2.75) is 30.5 Å². The van der Waals surface area contributed by atoms with E-state index in [4.69, 9.17) is 23.2 Å². The summed E-state index contributed by atoms with van der Waals surface area (Å²) in [6.07, 6.45) is 3.25. The molecule has 0 aromatic heterocycles. The third-order valence-corrected chi connectivity index (χ3v) is 1.49. The van der Waals surface area contributed by atoms with Gasteiger partial charge in [-0.3, -0.25) is 4.39 Å². The van der Waals surface area contributed by atoms with Gasteiger partial charge in [-0.05, 0) is 12.8 Å². The molecule has 9 heavy (non-hydrogen) atoms. The van der Waals surface area contributed by atoms with Gasteiger partial charge in [-0.15, -0.1) is 23.2 Å². The maximum Gasteiger partial charge on any atom is 0.107 e. The molecular weight excluding hydrogens is 162 g/mol. The first-order valence-electron chi connectivity index (χ1n) is 3.11. The molecule has 0 unspecified atom stereocenters. The van der Waals surface area contributed by atoms with Crippen molar-refractivity contribution in [3.8, 4) is 0 Å². The number of hydrogen-bond donors (Lipinski definition) is 0. The summed E-state index contributed by atoms with van der Waals surface area (Å²) < 4.78 is 11.5. The van der Waals surface area contributed by atoms with E-state index in [9.17, 15) is 4.39 Å². The van der Waals surface area contributed by atoms with E-state index >= 15 is 0 Å². The Labute approximate surface area is 65.3 Å². The molecule has 0 fully saturated rings. The molecule has 0 saturated heterocycles. The lowest BCUT2D eigenvalue weighted by Gasteiger charge is -1.97. The van der Waals surface area contributed by atoms with E-state index in [1.165, 1.54) is 0 Å². The fraction of sp³-hybridized carbons (Fsp3) is 1.00. The lowest BCUT2D eigenvalue weighted by atomic mass is 10.2. The average molecular weight is 173 g/mol. The topological polar surface area (TPSA) is 0 Å². The van der Waals surface area contributed by atoms with Crippen LogP contribution in [0.5, 0.6) is 0 Å². The van der Waals surface area contributed by atoms with E-state index < -0.39 is 0 Å². The second-order valence-electron chi connectivity index (χ2n) is 1.93. The molecule has 3 heteroatoms. The van der Waals surface area contributed by atoms with Gasteiger partial charge >= 0.3 is 0 Å². The van der Waals surface area contributed by atoms with Crippen LogP contribution in [0.25, 0.3) is 0 Å². The summed E-state index contributed by atoms with van der Waals surface area (Å²) >= 11 is 10.9. The molecule has 0 rings (SSSR count). The first kappa shape index (κ1) is 9.51. The van der Waals surface area contributed by atoms with Crippen LogP contribution in [0.15, 0.2) is 0 Å². The molecule has 0 aliphatic carbocycles. The summed E-state index contributed by atoms with van der Waals surface area (Å²) in [4.78, 5) is -0.274. The molecule has 0 amide bonds. The van der Waals surface area contributed by atoms with E-state index in [0.717, 1.165) is 19.3 Å². The average Bonchev–Trinajstić information content (AvgIpc) is 1.80. The van der Waals surface area contributed by atoms with Crippen LogP contribution in [0.2, 0.25) is 0 Å². The van der Waals surface area contributed by atoms with E-state index in [1.54, 1.807) is 0 Å². The second kappa shape index (κ2) is 6.63. The number of rotatable bonds is 5. The number of unbranched alkanes of at least 4 members (excludes halogenated alkanes) is 2. The van der Waals surface area contributed by atoms with Crippen molar-refractivity contribution >= 4 is 23.2 Å². The van der Waals surface area contributed by atoms with Crippen molar-refractivity contribution in [3.05, 3.63) is 0 Å². The zero-order valence-corrected chi connectivity index (χ0v) is 6.76.